The number of likely N-dealkylation sites (N-methyl/N-ethyl adjacent to an activating group) is 1. The van der Waals surface area contributed by atoms with Crippen molar-refractivity contribution in [1.82, 2.24) is 20.4 Å². The summed E-state index contributed by atoms with van der Waals surface area (Å²) in [4.78, 5) is 6.43. The van der Waals surface area contributed by atoms with Gasteiger partial charge in [0.25, 0.3) is 0 Å². The first-order valence-corrected chi connectivity index (χ1v) is 6.81. The van der Waals surface area contributed by atoms with Gasteiger partial charge in [0.2, 0.25) is 5.89 Å². The highest BCUT2D eigenvalue weighted by molar-refractivity contribution is 5.21. The third-order valence-corrected chi connectivity index (χ3v) is 3.64. The van der Waals surface area contributed by atoms with Crippen molar-refractivity contribution in [3.8, 4) is 0 Å². The first-order chi connectivity index (χ1) is 10.1. The molecule has 1 N–H and O–H groups in total. The molecule has 2 aromatic rings. The van der Waals surface area contributed by atoms with Gasteiger partial charge in [0, 0.05) is 25.2 Å². The van der Waals surface area contributed by atoms with E-state index in [2.05, 4.69) is 20.4 Å². The van der Waals surface area contributed by atoms with Crippen molar-refractivity contribution < 1.29 is 13.3 Å². The minimum absolute atomic E-state index is 0.0357. The molecule has 1 fully saturated rings. The Morgan fingerprint density at radius 2 is 2.29 bits per heavy atom. The Morgan fingerprint density at radius 1 is 1.43 bits per heavy atom. The monoisotopic (exact) mass is 294 g/mol. The van der Waals surface area contributed by atoms with E-state index in [0.29, 0.717) is 5.82 Å². The third-order valence-electron chi connectivity index (χ3n) is 3.64. The Hall–Kier alpha value is -1.86. The highest BCUT2D eigenvalue weighted by Crippen LogP contribution is 2.19. The molecule has 1 unspecified atom stereocenters. The van der Waals surface area contributed by atoms with Crippen LogP contribution in [0.2, 0.25) is 0 Å². The highest BCUT2D eigenvalue weighted by atomic mass is 19.1. The largest absolute Gasteiger partial charge is 0.339 e. The molecule has 1 aromatic heterocycles. The molecule has 0 aliphatic carbocycles. The molecule has 0 radical (unpaired) electrons. The second-order valence-electron chi connectivity index (χ2n) is 5.16. The van der Waals surface area contributed by atoms with E-state index in [1.807, 2.05) is 7.05 Å². The van der Waals surface area contributed by atoms with Crippen molar-refractivity contribution in [2.75, 3.05) is 26.7 Å². The molecular weight excluding hydrogens is 278 g/mol. The number of piperazine rings is 1. The summed E-state index contributed by atoms with van der Waals surface area (Å²) in [5, 5.41) is 7.22. The number of aromatic nitrogens is 2. The Kier molecular flexibility index (Phi) is 3.94. The summed E-state index contributed by atoms with van der Waals surface area (Å²) < 4.78 is 31.9. The second-order valence-corrected chi connectivity index (χ2v) is 5.16. The lowest BCUT2D eigenvalue weighted by atomic mass is 10.1. The molecule has 0 spiro atoms. The number of nitrogens with zero attached hydrogens (tertiary/aromatic N) is 3. The Bertz CT molecular complexity index is 631. The lowest BCUT2D eigenvalue weighted by molar-refractivity contribution is 0.190. The van der Waals surface area contributed by atoms with Crippen LogP contribution in [0.4, 0.5) is 8.78 Å². The van der Waals surface area contributed by atoms with Crippen LogP contribution in [-0.4, -0.2) is 41.7 Å². The lowest BCUT2D eigenvalue weighted by Crippen LogP contribution is -2.44. The standard InChI is InChI=1S/C14H16F2N4O/c1-20-5-4-17-8-12(20)14-18-13(21-19-14)7-9-6-10(15)2-3-11(9)16/h2-3,6,12,17H,4-5,7-8H2,1H3. The number of hydrogen-bond acceptors (Lipinski definition) is 5. The summed E-state index contributed by atoms with van der Waals surface area (Å²) in [6.07, 6.45) is 0.0838. The summed E-state index contributed by atoms with van der Waals surface area (Å²) in [5.74, 6) is -0.111. The van der Waals surface area contributed by atoms with E-state index in [4.69, 9.17) is 4.52 Å². The molecule has 0 saturated carbocycles. The van der Waals surface area contributed by atoms with Gasteiger partial charge in [0.15, 0.2) is 5.82 Å². The number of hydrogen-bond donors (Lipinski definition) is 1. The zero-order valence-electron chi connectivity index (χ0n) is 11.6. The van der Waals surface area contributed by atoms with E-state index in [-0.39, 0.29) is 23.9 Å². The SMILES string of the molecule is CN1CCNCC1c1noc(Cc2cc(F)ccc2F)n1. The Balaban J connectivity index is 1.77. The third kappa shape index (κ3) is 3.08. The van der Waals surface area contributed by atoms with Crippen LogP contribution in [0, 0.1) is 11.6 Å². The van der Waals surface area contributed by atoms with E-state index in [9.17, 15) is 8.78 Å². The second kappa shape index (κ2) is 5.87. The van der Waals surface area contributed by atoms with Gasteiger partial charge < -0.3 is 9.84 Å². The summed E-state index contributed by atoms with van der Waals surface area (Å²) in [6.45, 7) is 2.56. The van der Waals surface area contributed by atoms with Gasteiger partial charge in [0.1, 0.15) is 11.6 Å². The molecule has 3 rings (SSSR count). The fraction of sp³-hybridized carbons (Fsp3) is 0.429. The van der Waals surface area contributed by atoms with Gasteiger partial charge >= 0.3 is 0 Å². The van der Waals surface area contributed by atoms with Crippen molar-refractivity contribution in [1.29, 1.82) is 0 Å². The maximum atomic E-state index is 13.6. The summed E-state index contributed by atoms with van der Waals surface area (Å²) in [7, 11) is 1.99. The van der Waals surface area contributed by atoms with Crippen molar-refractivity contribution in [2.24, 2.45) is 0 Å². The van der Waals surface area contributed by atoms with Gasteiger partial charge in [-0.25, -0.2) is 8.78 Å². The highest BCUT2D eigenvalue weighted by Gasteiger charge is 2.25. The van der Waals surface area contributed by atoms with Crippen LogP contribution < -0.4 is 5.32 Å². The molecule has 1 aliphatic heterocycles. The molecule has 0 bridgehead atoms. The molecule has 1 atom stereocenters. The molecule has 5 nitrogen and oxygen atoms in total. The predicted molar refractivity (Wildman–Crippen MR) is 71.7 cm³/mol. The van der Waals surface area contributed by atoms with E-state index in [1.165, 1.54) is 0 Å². The Morgan fingerprint density at radius 3 is 3.10 bits per heavy atom. The van der Waals surface area contributed by atoms with E-state index >= 15 is 0 Å². The maximum absolute atomic E-state index is 13.6. The zero-order chi connectivity index (χ0) is 14.8. The van der Waals surface area contributed by atoms with E-state index in [1.54, 1.807) is 0 Å². The van der Waals surface area contributed by atoms with Gasteiger partial charge in [-0.15, -0.1) is 0 Å². The molecule has 7 heteroatoms. The first kappa shape index (κ1) is 14.1. The number of nitrogens with one attached hydrogen (secondary N) is 1. The van der Waals surface area contributed by atoms with Crippen molar-refractivity contribution >= 4 is 0 Å². The molecule has 0 amide bonds. The van der Waals surface area contributed by atoms with Crippen molar-refractivity contribution in [2.45, 2.75) is 12.5 Å². The van der Waals surface area contributed by atoms with Gasteiger partial charge in [-0.2, -0.15) is 4.98 Å². The molecule has 112 valence electrons. The number of halogens is 2. The van der Waals surface area contributed by atoms with Crippen LogP contribution in [0.1, 0.15) is 23.3 Å². The quantitative estimate of drug-likeness (QED) is 0.930. The average Bonchev–Trinajstić information content (AvgIpc) is 2.92. The fourth-order valence-corrected chi connectivity index (χ4v) is 2.41. The van der Waals surface area contributed by atoms with Crippen LogP contribution >= 0.6 is 0 Å². The van der Waals surface area contributed by atoms with Crippen molar-refractivity contribution in [3.05, 3.63) is 47.1 Å². The van der Waals surface area contributed by atoms with Crippen LogP contribution in [0.15, 0.2) is 22.7 Å². The minimum atomic E-state index is -0.484. The average molecular weight is 294 g/mol. The zero-order valence-corrected chi connectivity index (χ0v) is 11.6. The molecule has 1 aromatic carbocycles. The smallest absolute Gasteiger partial charge is 0.231 e. The molecule has 21 heavy (non-hydrogen) atoms. The van der Waals surface area contributed by atoms with Gasteiger partial charge in [-0.3, -0.25) is 4.90 Å². The summed E-state index contributed by atoms with van der Waals surface area (Å²) in [6, 6.07) is 3.36. The summed E-state index contributed by atoms with van der Waals surface area (Å²) in [5.41, 5.74) is 0.209. The van der Waals surface area contributed by atoms with Crippen molar-refractivity contribution in [3.63, 3.8) is 0 Å². The number of benzene rings is 1. The molecule has 2 heterocycles. The minimum Gasteiger partial charge on any atom is -0.339 e. The predicted octanol–water partition coefficient (Wildman–Crippen LogP) is 1.51. The normalized spacial score (nSPS) is 19.9. The van der Waals surface area contributed by atoms with Crippen LogP contribution in [0.5, 0.6) is 0 Å². The topological polar surface area (TPSA) is 54.2 Å². The summed E-state index contributed by atoms with van der Waals surface area (Å²) >= 11 is 0. The van der Waals surface area contributed by atoms with E-state index in [0.717, 1.165) is 37.8 Å². The van der Waals surface area contributed by atoms with Gasteiger partial charge in [-0.05, 0) is 25.2 Å². The molecular formula is C14H16F2N4O. The van der Waals surface area contributed by atoms with Gasteiger partial charge in [0.05, 0.1) is 12.5 Å². The maximum Gasteiger partial charge on any atom is 0.231 e. The van der Waals surface area contributed by atoms with E-state index < -0.39 is 11.6 Å². The Labute approximate surface area is 120 Å². The lowest BCUT2D eigenvalue weighted by Gasteiger charge is -2.30. The fourth-order valence-electron chi connectivity index (χ4n) is 2.41. The molecule has 1 saturated heterocycles. The van der Waals surface area contributed by atoms with Crippen LogP contribution in [0.25, 0.3) is 0 Å². The van der Waals surface area contributed by atoms with Gasteiger partial charge in [-0.1, -0.05) is 5.16 Å². The van der Waals surface area contributed by atoms with Crippen LogP contribution in [-0.2, 0) is 6.42 Å². The number of rotatable bonds is 3. The van der Waals surface area contributed by atoms with Crippen LogP contribution in [0.3, 0.4) is 0 Å². The first-order valence-electron chi connectivity index (χ1n) is 6.81. The molecule has 1 aliphatic rings.